The largest absolute Gasteiger partial charge is 0.352 e. The van der Waals surface area contributed by atoms with Gasteiger partial charge in [0.05, 0.1) is 6.04 Å². The van der Waals surface area contributed by atoms with Gasteiger partial charge in [-0.1, -0.05) is 6.42 Å². The average Bonchev–Trinajstić information content (AvgIpc) is 2.49. The van der Waals surface area contributed by atoms with Gasteiger partial charge in [0.15, 0.2) is 0 Å². The zero-order valence-electron chi connectivity index (χ0n) is 11.7. The number of rotatable bonds is 4. The predicted octanol–water partition coefficient (Wildman–Crippen LogP) is 1.52. The molecule has 1 aromatic carbocycles. The van der Waals surface area contributed by atoms with Crippen molar-refractivity contribution in [2.24, 2.45) is 0 Å². The van der Waals surface area contributed by atoms with E-state index in [-0.39, 0.29) is 17.9 Å². The molecule has 1 aliphatic heterocycles. The van der Waals surface area contributed by atoms with Crippen LogP contribution in [0.4, 0.5) is 5.69 Å². The Balaban J connectivity index is 1.92. The summed E-state index contributed by atoms with van der Waals surface area (Å²) in [4.78, 5) is 23.7. The Kier molecular flexibility index (Phi) is 5.12. The number of benzene rings is 1. The number of hydrogen-bond donors (Lipinski definition) is 3. The number of amides is 2. The van der Waals surface area contributed by atoms with E-state index in [1.807, 2.05) is 6.92 Å². The Bertz CT molecular complexity index is 465. The molecule has 1 heterocycles. The van der Waals surface area contributed by atoms with Crippen molar-refractivity contribution in [1.82, 2.24) is 10.6 Å². The minimum absolute atomic E-state index is 0.00420. The molecule has 1 aliphatic rings. The minimum Gasteiger partial charge on any atom is -0.352 e. The SMILES string of the molecule is CCNC(=O)c1ccc(NC(=O)[C@@H]2CCCCN2)cc1. The topological polar surface area (TPSA) is 70.2 Å². The van der Waals surface area contributed by atoms with E-state index >= 15 is 0 Å². The Morgan fingerprint density at radius 1 is 1.25 bits per heavy atom. The molecule has 0 bridgehead atoms. The molecule has 2 amide bonds. The van der Waals surface area contributed by atoms with E-state index < -0.39 is 0 Å². The quantitative estimate of drug-likeness (QED) is 0.780. The zero-order valence-corrected chi connectivity index (χ0v) is 11.7. The summed E-state index contributed by atoms with van der Waals surface area (Å²) in [6.07, 6.45) is 3.09. The van der Waals surface area contributed by atoms with Crippen LogP contribution in [-0.2, 0) is 4.79 Å². The fraction of sp³-hybridized carbons (Fsp3) is 0.467. The van der Waals surface area contributed by atoms with Crippen LogP contribution < -0.4 is 16.0 Å². The van der Waals surface area contributed by atoms with Crippen molar-refractivity contribution in [1.29, 1.82) is 0 Å². The van der Waals surface area contributed by atoms with E-state index in [0.29, 0.717) is 12.1 Å². The highest BCUT2D eigenvalue weighted by Crippen LogP contribution is 2.13. The second-order valence-electron chi connectivity index (χ2n) is 4.93. The molecule has 3 N–H and O–H groups in total. The van der Waals surface area contributed by atoms with Gasteiger partial charge in [0.1, 0.15) is 0 Å². The molecule has 0 aromatic heterocycles. The summed E-state index contributed by atoms with van der Waals surface area (Å²) in [5, 5.41) is 8.82. The molecule has 0 unspecified atom stereocenters. The molecule has 1 aromatic rings. The lowest BCUT2D eigenvalue weighted by Crippen LogP contribution is -2.43. The number of hydrogen-bond acceptors (Lipinski definition) is 3. The Labute approximate surface area is 119 Å². The second kappa shape index (κ2) is 7.05. The van der Waals surface area contributed by atoms with Crippen molar-refractivity contribution in [2.75, 3.05) is 18.4 Å². The van der Waals surface area contributed by atoms with Crippen molar-refractivity contribution in [2.45, 2.75) is 32.2 Å². The maximum Gasteiger partial charge on any atom is 0.251 e. The van der Waals surface area contributed by atoms with Gasteiger partial charge in [-0.3, -0.25) is 9.59 Å². The van der Waals surface area contributed by atoms with Gasteiger partial charge < -0.3 is 16.0 Å². The first-order chi connectivity index (χ1) is 9.70. The van der Waals surface area contributed by atoms with Gasteiger partial charge in [-0.2, -0.15) is 0 Å². The smallest absolute Gasteiger partial charge is 0.251 e. The van der Waals surface area contributed by atoms with Gasteiger partial charge in [-0.25, -0.2) is 0 Å². The van der Waals surface area contributed by atoms with Crippen molar-refractivity contribution in [3.63, 3.8) is 0 Å². The highest BCUT2D eigenvalue weighted by molar-refractivity contribution is 5.97. The van der Waals surface area contributed by atoms with Crippen molar-refractivity contribution in [3.05, 3.63) is 29.8 Å². The Morgan fingerprint density at radius 3 is 2.60 bits per heavy atom. The fourth-order valence-electron chi connectivity index (χ4n) is 2.27. The van der Waals surface area contributed by atoms with Crippen LogP contribution in [0.2, 0.25) is 0 Å². The van der Waals surface area contributed by atoms with E-state index in [2.05, 4.69) is 16.0 Å². The summed E-state index contributed by atoms with van der Waals surface area (Å²) in [5.74, 6) is -0.102. The first-order valence-electron chi connectivity index (χ1n) is 7.13. The molecule has 0 spiro atoms. The molecule has 20 heavy (non-hydrogen) atoms. The van der Waals surface area contributed by atoms with E-state index in [1.165, 1.54) is 0 Å². The zero-order chi connectivity index (χ0) is 14.4. The maximum absolute atomic E-state index is 12.0. The molecule has 0 radical (unpaired) electrons. The standard InChI is InChI=1S/C15H21N3O2/c1-2-16-14(19)11-6-8-12(9-7-11)18-15(20)13-5-3-4-10-17-13/h6-9,13,17H,2-5,10H2,1H3,(H,16,19)(H,18,20)/t13-/m0/s1. The molecule has 5 heteroatoms. The van der Waals surface area contributed by atoms with Crippen LogP contribution in [0.25, 0.3) is 0 Å². The normalized spacial score (nSPS) is 18.4. The Hall–Kier alpha value is -1.88. The molecular weight excluding hydrogens is 254 g/mol. The van der Waals surface area contributed by atoms with Crippen LogP contribution in [0.3, 0.4) is 0 Å². The highest BCUT2D eigenvalue weighted by atomic mass is 16.2. The summed E-state index contributed by atoms with van der Waals surface area (Å²) in [7, 11) is 0. The van der Waals surface area contributed by atoms with Crippen LogP contribution >= 0.6 is 0 Å². The van der Waals surface area contributed by atoms with Crippen molar-refractivity contribution >= 4 is 17.5 Å². The van der Waals surface area contributed by atoms with E-state index in [1.54, 1.807) is 24.3 Å². The third-order valence-corrected chi connectivity index (χ3v) is 3.38. The lowest BCUT2D eigenvalue weighted by Gasteiger charge is -2.22. The summed E-state index contributed by atoms with van der Waals surface area (Å²) < 4.78 is 0. The third kappa shape index (κ3) is 3.81. The average molecular weight is 275 g/mol. The number of carbonyl (C=O) groups is 2. The number of anilines is 1. The predicted molar refractivity (Wildman–Crippen MR) is 78.7 cm³/mol. The monoisotopic (exact) mass is 275 g/mol. The van der Waals surface area contributed by atoms with Crippen LogP contribution in [0.1, 0.15) is 36.5 Å². The van der Waals surface area contributed by atoms with Gasteiger partial charge in [0, 0.05) is 17.8 Å². The van der Waals surface area contributed by atoms with Gasteiger partial charge in [-0.05, 0) is 50.6 Å². The molecule has 0 aliphatic carbocycles. The molecule has 5 nitrogen and oxygen atoms in total. The lowest BCUT2D eigenvalue weighted by molar-refractivity contribution is -0.118. The molecule has 1 atom stereocenters. The number of carbonyl (C=O) groups excluding carboxylic acids is 2. The van der Waals surface area contributed by atoms with E-state index in [9.17, 15) is 9.59 Å². The summed E-state index contributed by atoms with van der Waals surface area (Å²) in [6, 6.07) is 6.84. The van der Waals surface area contributed by atoms with Crippen LogP contribution in [0.5, 0.6) is 0 Å². The van der Waals surface area contributed by atoms with Crippen LogP contribution in [0.15, 0.2) is 24.3 Å². The van der Waals surface area contributed by atoms with Crippen LogP contribution in [0, 0.1) is 0 Å². The van der Waals surface area contributed by atoms with E-state index in [4.69, 9.17) is 0 Å². The first-order valence-corrected chi connectivity index (χ1v) is 7.13. The molecule has 2 rings (SSSR count). The number of nitrogens with one attached hydrogen (secondary N) is 3. The highest BCUT2D eigenvalue weighted by Gasteiger charge is 2.20. The molecule has 108 valence electrons. The fourth-order valence-corrected chi connectivity index (χ4v) is 2.27. The molecular formula is C15H21N3O2. The first kappa shape index (κ1) is 14.5. The molecule has 1 saturated heterocycles. The summed E-state index contributed by atoms with van der Waals surface area (Å²) in [6.45, 7) is 3.38. The van der Waals surface area contributed by atoms with Gasteiger partial charge in [-0.15, -0.1) is 0 Å². The Morgan fingerprint density at radius 2 is 2.00 bits per heavy atom. The molecule has 0 saturated carbocycles. The molecule has 1 fully saturated rings. The van der Waals surface area contributed by atoms with Gasteiger partial charge >= 0.3 is 0 Å². The second-order valence-corrected chi connectivity index (χ2v) is 4.93. The lowest BCUT2D eigenvalue weighted by atomic mass is 10.0. The summed E-state index contributed by atoms with van der Waals surface area (Å²) >= 11 is 0. The number of piperidine rings is 1. The minimum atomic E-state index is -0.105. The van der Waals surface area contributed by atoms with Crippen molar-refractivity contribution < 1.29 is 9.59 Å². The van der Waals surface area contributed by atoms with E-state index in [0.717, 1.165) is 31.5 Å². The maximum atomic E-state index is 12.0. The van der Waals surface area contributed by atoms with Gasteiger partial charge in [0.2, 0.25) is 5.91 Å². The van der Waals surface area contributed by atoms with Gasteiger partial charge in [0.25, 0.3) is 5.91 Å². The van der Waals surface area contributed by atoms with Crippen LogP contribution in [-0.4, -0.2) is 30.9 Å². The summed E-state index contributed by atoms with van der Waals surface area (Å²) in [5.41, 5.74) is 1.32. The third-order valence-electron chi connectivity index (χ3n) is 3.38. The van der Waals surface area contributed by atoms with Crippen molar-refractivity contribution in [3.8, 4) is 0 Å².